The van der Waals surface area contributed by atoms with Crippen LogP contribution in [0, 0.1) is 17.8 Å². The molecule has 7 rings (SSSR count). The Kier molecular flexibility index (Phi) is 20.1. The summed E-state index contributed by atoms with van der Waals surface area (Å²) in [4.78, 5) is 25.5. The van der Waals surface area contributed by atoms with Gasteiger partial charge in [0.15, 0.2) is 23.5 Å². The van der Waals surface area contributed by atoms with Gasteiger partial charge in [0, 0.05) is 64.6 Å². The first kappa shape index (κ1) is 56.7. The van der Waals surface area contributed by atoms with Crippen molar-refractivity contribution in [1.29, 1.82) is 0 Å². The van der Waals surface area contributed by atoms with Crippen molar-refractivity contribution < 1.29 is 82.5 Å². The molecule has 0 unspecified atom stereocenters. The van der Waals surface area contributed by atoms with Crippen LogP contribution in [0.1, 0.15) is 136 Å². The summed E-state index contributed by atoms with van der Waals surface area (Å²) >= 11 is 7.16. The summed E-state index contributed by atoms with van der Waals surface area (Å²) in [6, 6.07) is 0. The Morgan fingerprint density at radius 3 is 2.31 bits per heavy atom. The van der Waals surface area contributed by atoms with Gasteiger partial charge in [-0.25, -0.2) is 4.79 Å². The van der Waals surface area contributed by atoms with E-state index in [1.165, 1.54) is 7.11 Å². The second-order valence-corrected chi connectivity index (χ2v) is 22.1. The third-order valence-electron chi connectivity index (χ3n) is 16.3. The van der Waals surface area contributed by atoms with E-state index < -0.39 is 120 Å². The van der Waals surface area contributed by atoms with Gasteiger partial charge < -0.3 is 72.9 Å². The van der Waals surface area contributed by atoms with Crippen LogP contribution in [-0.2, 0) is 57.0 Å². The lowest BCUT2D eigenvalue weighted by Gasteiger charge is -2.54. The molecule has 9 bridgehead atoms. The normalized spacial score (nSPS) is 45.7. The van der Waals surface area contributed by atoms with Gasteiger partial charge in [-0.1, -0.05) is 51.2 Å². The fraction of sp³-hybridized carbons (Fsp3) is 0.849. The highest BCUT2D eigenvalue weighted by Crippen LogP contribution is 2.53. The van der Waals surface area contributed by atoms with Gasteiger partial charge in [0.25, 0.3) is 0 Å². The minimum atomic E-state index is -1.34. The predicted molar refractivity (Wildman–Crippen MR) is 259 cm³/mol. The highest BCUT2D eigenvalue weighted by atomic mass is 35.5. The van der Waals surface area contributed by atoms with Gasteiger partial charge in [-0.2, -0.15) is 0 Å². The minimum Gasteiger partial charge on any atom is -0.467 e. The van der Waals surface area contributed by atoms with Gasteiger partial charge in [0.05, 0.1) is 73.8 Å². The maximum absolute atomic E-state index is 13.9. The van der Waals surface area contributed by atoms with Crippen LogP contribution in [0.4, 0.5) is 0 Å². The number of alkyl halides is 1. The molecule has 0 aromatic carbocycles. The lowest BCUT2D eigenvalue weighted by molar-refractivity contribution is -0.413. The molecule has 7 heterocycles. The Morgan fingerprint density at radius 1 is 0.803 bits per heavy atom. The fourth-order valence-corrected chi connectivity index (χ4v) is 12.3. The van der Waals surface area contributed by atoms with E-state index in [9.17, 15) is 35.1 Å². The number of hydrogen-bond acceptors (Lipinski definition) is 17. The zero-order valence-corrected chi connectivity index (χ0v) is 43.4. The van der Waals surface area contributed by atoms with Crippen molar-refractivity contribution in [3.8, 4) is 0 Å². The standard InChI is InChI=1S/C53H83ClO17/c1-31-19-22-51-24-21-41(62-4)49(70-51)48(60)47(59)32(2)17-18-40-46(54)44(63-5)29-52(67-40)23-20-33(3)53(71-52)30-43(39(69-53)16-11-9-7-8-10-15-38(57)50(61)64-6)66-45(58)28-37-14-12-13-36(65-37)26-34(55)25-35(56)27-42(31)68-51/h8-11,19,22,31-44,46-49,55-57,59-60H,7,12-18,20-21,23-30H2,1-6H3/b10-8-,11-9+/t31-,32-,33-,34-,35-,36-,37+,38+,39-,40+,41-,42+,43-,44+,46+,47-,48-,49-,51-,52+,53+/m0/s1. The molecule has 21 atom stereocenters. The fourth-order valence-electron chi connectivity index (χ4n) is 11.9. The molecular formula is C53H83ClO17. The summed E-state index contributed by atoms with van der Waals surface area (Å²) < 4.78 is 63.5. The Morgan fingerprint density at radius 2 is 1.55 bits per heavy atom. The molecule has 18 heteroatoms. The first-order valence-corrected chi connectivity index (χ1v) is 26.8. The number of fused-ring (bicyclic) bond motifs is 6. The van der Waals surface area contributed by atoms with Crippen molar-refractivity contribution in [3.05, 3.63) is 36.5 Å². The summed E-state index contributed by atoms with van der Waals surface area (Å²) in [6.45, 7) is 5.94. The van der Waals surface area contributed by atoms with Gasteiger partial charge in [-0.05, 0) is 82.6 Å². The van der Waals surface area contributed by atoms with Crippen LogP contribution < -0.4 is 0 Å². The van der Waals surface area contributed by atoms with Crippen molar-refractivity contribution in [2.45, 2.75) is 245 Å². The Hall–Kier alpha value is -2.07. The summed E-state index contributed by atoms with van der Waals surface area (Å²) in [5.41, 5.74) is 0. The number of esters is 2. The van der Waals surface area contributed by atoms with Crippen molar-refractivity contribution in [3.63, 3.8) is 0 Å². The molecule has 6 saturated heterocycles. The highest BCUT2D eigenvalue weighted by molar-refractivity contribution is 6.21. The molecular weight excluding hydrogens is 944 g/mol. The van der Waals surface area contributed by atoms with E-state index in [1.54, 1.807) is 20.3 Å². The van der Waals surface area contributed by atoms with Crippen LogP contribution >= 0.6 is 11.6 Å². The van der Waals surface area contributed by atoms with Crippen LogP contribution in [0.5, 0.6) is 0 Å². The average Bonchev–Trinajstić information content (AvgIpc) is 3.68. The smallest absolute Gasteiger partial charge is 0.335 e. The summed E-state index contributed by atoms with van der Waals surface area (Å²) in [6.07, 6.45) is 8.23. The molecule has 0 saturated carbocycles. The monoisotopic (exact) mass is 1030 g/mol. The lowest BCUT2D eigenvalue weighted by atomic mass is 9.82. The van der Waals surface area contributed by atoms with Gasteiger partial charge in [-0.15, -0.1) is 11.6 Å². The van der Waals surface area contributed by atoms with Crippen molar-refractivity contribution in [1.82, 2.24) is 0 Å². The zero-order chi connectivity index (χ0) is 51.1. The van der Waals surface area contributed by atoms with E-state index >= 15 is 0 Å². The highest BCUT2D eigenvalue weighted by Gasteiger charge is 2.61. The molecule has 3 spiro atoms. The van der Waals surface area contributed by atoms with E-state index in [0.29, 0.717) is 70.6 Å². The zero-order valence-electron chi connectivity index (χ0n) is 42.6. The Balaban J connectivity index is 1.13. The minimum absolute atomic E-state index is 0.0195. The van der Waals surface area contributed by atoms with Gasteiger partial charge >= 0.3 is 11.9 Å². The molecule has 17 nitrogen and oxygen atoms in total. The Labute approximate surface area is 424 Å². The van der Waals surface area contributed by atoms with Gasteiger partial charge in [0.1, 0.15) is 24.4 Å². The number of halogens is 1. The Bertz CT molecular complexity index is 1820. The number of methoxy groups -OCH3 is 3. The van der Waals surface area contributed by atoms with Crippen LogP contribution in [0.2, 0.25) is 0 Å². The summed E-state index contributed by atoms with van der Waals surface area (Å²) in [5, 5.41) is 55.7. The SMILES string of the molecule is COC(=O)[C@H](O)C/C=C\C/C=C/C[C@@H]1O[C@@]23C[C@@H]1OC(=O)C[C@H]1CCC[C@@H](C[C@@H](O)C[C@H](O)C[C@H]4O[C@]5(C=C[C@@H]4C)CC[C@H](OC)[C@H](O5)[C@@H](O)[C@@H](O)[C@@H](C)CC[C@H]4O[C@@](CC[C@@H]2C)(C[C@@H](OC)[C@@H]4Cl)O3)O1. The number of aliphatic hydroxyl groups excluding tert-OH is 5. The first-order valence-electron chi connectivity index (χ1n) is 26.3. The summed E-state index contributed by atoms with van der Waals surface area (Å²) in [7, 11) is 4.41. The maximum Gasteiger partial charge on any atom is 0.335 e. The molecule has 7 aliphatic heterocycles. The number of hydrogen-bond donors (Lipinski definition) is 5. The predicted octanol–water partition coefficient (Wildman–Crippen LogP) is 5.61. The van der Waals surface area contributed by atoms with E-state index in [2.05, 4.69) is 11.7 Å². The van der Waals surface area contributed by atoms with E-state index in [0.717, 1.165) is 6.42 Å². The number of carbonyl (C=O) groups is 2. The quantitative estimate of drug-likeness (QED) is 0.108. The van der Waals surface area contributed by atoms with Gasteiger partial charge in [0.2, 0.25) is 0 Å². The number of rotatable bonds is 9. The largest absolute Gasteiger partial charge is 0.467 e. The molecule has 404 valence electrons. The summed E-state index contributed by atoms with van der Waals surface area (Å²) in [5.74, 6) is -5.32. The molecule has 0 aliphatic carbocycles. The molecule has 0 radical (unpaired) electrons. The van der Waals surface area contributed by atoms with E-state index in [-0.39, 0.29) is 56.5 Å². The molecule has 6 fully saturated rings. The number of allylic oxidation sites excluding steroid dienone is 2. The molecule has 5 N–H and O–H groups in total. The number of ether oxygens (including phenoxy) is 10. The molecule has 0 aromatic rings. The molecule has 71 heavy (non-hydrogen) atoms. The van der Waals surface area contributed by atoms with Crippen molar-refractivity contribution in [2.75, 3.05) is 21.3 Å². The number of aliphatic hydroxyl groups is 5. The van der Waals surface area contributed by atoms with Crippen LogP contribution in [0.25, 0.3) is 0 Å². The average molecular weight is 1030 g/mol. The van der Waals surface area contributed by atoms with Crippen molar-refractivity contribution >= 4 is 23.5 Å². The topological polar surface area (TPSA) is 228 Å². The third-order valence-corrected chi connectivity index (χ3v) is 16.8. The van der Waals surface area contributed by atoms with Crippen LogP contribution in [0.3, 0.4) is 0 Å². The maximum atomic E-state index is 13.9. The lowest BCUT2D eigenvalue weighted by Crippen LogP contribution is -2.61. The second-order valence-electron chi connectivity index (χ2n) is 21.6. The van der Waals surface area contributed by atoms with Crippen LogP contribution in [-0.4, -0.2) is 167 Å². The third kappa shape index (κ3) is 14.1. The second kappa shape index (κ2) is 25.2. The van der Waals surface area contributed by atoms with Crippen LogP contribution in [0.15, 0.2) is 36.5 Å². The van der Waals surface area contributed by atoms with E-state index in [4.69, 9.17) is 54.2 Å². The van der Waals surface area contributed by atoms with E-state index in [1.807, 2.05) is 44.2 Å². The van der Waals surface area contributed by atoms with Crippen molar-refractivity contribution in [2.24, 2.45) is 17.8 Å². The molecule has 7 aliphatic rings. The molecule has 0 aromatic heterocycles. The molecule has 0 amide bonds. The number of carbonyl (C=O) groups excluding carboxylic acids is 2. The van der Waals surface area contributed by atoms with Gasteiger partial charge in [-0.3, -0.25) is 4.79 Å². The first-order chi connectivity index (χ1) is 33.9.